The molecular weight excluding hydrogens is 292 g/mol. The number of hydrogen-bond acceptors (Lipinski definition) is 3. The molecule has 1 aromatic rings. The number of hydrogen-bond donors (Lipinski definition) is 2. The second-order valence-electron chi connectivity index (χ2n) is 5.12. The first-order chi connectivity index (χ1) is 9.61. The summed E-state index contributed by atoms with van der Waals surface area (Å²) in [7, 11) is 0. The van der Waals surface area contributed by atoms with Crippen molar-refractivity contribution < 1.29 is 4.79 Å². The van der Waals surface area contributed by atoms with E-state index < -0.39 is 0 Å². The molecule has 1 fully saturated rings. The first-order valence-electron chi connectivity index (χ1n) is 7.05. The van der Waals surface area contributed by atoms with Crippen molar-refractivity contribution >= 4 is 29.3 Å². The van der Waals surface area contributed by atoms with Gasteiger partial charge in [0.1, 0.15) is 0 Å². The molecule has 2 rings (SSSR count). The largest absolute Gasteiger partial charge is 0.349 e. The number of carbonyl (C=O) groups excluding carboxylic acids is 1. The van der Waals surface area contributed by atoms with Crippen molar-refractivity contribution in [2.45, 2.75) is 31.2 Å². The van der Waals surface area contributed by atoms with Gasteiger partial charge in [-0.05, 0) is 49.4 Å². The van der Waals surface area contributed by atoms with E-state index in [1.165, 1.54) is 0 Å². The summed E-state index contributed by atoms with van der Waals surface area (Å²) in [5, 5.41) is 7.11. The molecule has 2 unspecified atom stereocenters. The number of benzene rings is 1. The third kappa shape index (κ3) is 3.90. The molecule has 0 bridgehead atoms. The molecule has 2 atom stereocenters. The Kier molecular flexibility index (Phi) is 5.75. The van der Waals surface area contributed by atoms with Gasteiger partial charge in [-0.1, -0.05) is 25.4 Å². The molecule has 20 heavy (non-hydrogen) atoms. The van der Waals surface area contributed by atoms with Crippen LogP contribution in [0.25, 0.3) is 0 Å². The molecule has 1 heterocycles. The highest BCUT2D eigenvalue weighted by molar-refractivity contribution is 7.99. The molecule has 0 spiro atoms. The Morgan fingerprint density at radius 2 is 2.35 bits per heavy atom. The zero-order chi connectivity index (χ0) is 14.5. The molecule has 1 aromatic carbocycles. The second kappa shape index (κ2) is 7.34. The summed E-state index contributed by atoms with van der Waals surface area (Å²) in [6.45, 7) is 6.16. The molecule has 1 amide bonds. The fourth-order valence-corrected chi connectivity index (χ4v) is 3.39. The van der Waals surface area contributed by atoms with Crippen LogP contribution in [-0.2, 0) is 0 Å². The minimum Gasteiger partial charge on any atom is -0.349 e. The van der Waals surface area contributed by atoms with E-state index in [2.05, 4.69) is 24.5 Å². The molecule has 1 aliphatic rings. The number of amides is 1. The van der Waals surface area contributed by atoms with Gasteiger partial charge in [-0.2, -0.15) is 0 Å². The lowest BCUT2D eigenvalue weighted by Crippen LogP contribution is -2.48. The number of piperidine rings is 1. The molecule has 0 aliphatic carbocycles. The third-order valence-electron chi connectivity index (χ3n) is 3.59. The van der Waals surface area contributed by atoms with E-state index in [1.54, 1.807) is 17.8 Å². The van der Waals surface area contributed by atoms with E-state index in [9.17, 15) is 4.79 Å². The number of nitrogens with one attached hydrogen (secondary N) is 2. The zero-order valence-corrected chi connectivity index (χ0v) is 13.5. The van der Waals surface area contributed by atoms with Crippen molar-refractivity contribution in [2.75, 3.05) is 18.8 Å². The van der Waals surface area contributed by atoms with Gasteiger partial charge >= 0.3 is 0 Å². The van der Waals surface area contributed by atoms with Gasteiger partial charge in [0.05, 0.1) is 5.56 Å². The summed E-state index contributed by atoms with van der Waals surface area (Å²) in [5.74, 6) is 1.38. The SMILES string of the molecule is CCSc1ccc(Cl)cc1C(=O)NC1CCNCC1C. The normalized spacial score (nSPS) is 22.6. The van der Waals surface area contributed by atoms with Crippen LogP contribution < -0.4 is 10.6 Å². The average Bonchev–Trinajstić information content (AvgIpc) is 2.43. The highest BCUT2D eigenvalue weighted by Gasteiger charge is 2.24. The van der Waals surface area contributed by atoms with Crippen LogP contribution in [0.4, 0.5) is 0 Å². The summed E-state index contributed by atoms with van der Waals surface area (Å²) in [5.41, 5.74) is 0.690. The molecule has 0 saturated carbocycles. The predicted molar refractivity (Wildman–Crippen MR) is 85.8 cm³/mol. The fourth-order valence-electron chi connectivity index (χ4n) is 2.44. The molecule has 3 nitrogen and oxygen atoms in total. The van der Waals surface area contributed by atoms with Crippen molar-refractivity contribution in [3.05, 3.63) is 28.8 Å². The number of rotatable bonds is 4. The molecule has 0 radical (unpaired) electrons. The Bertz CT molecular complexity index is 481. The summed E-state index contributed by atoms with van der Waals surface area (Å²) in [6, 6.07) is 5.77. The van der Waals surface area contributed by atoms with Crippen LogP contribution in [0.3, 0.4) is 0 Å². The van der Waals surface area contributed by atoms with E-state index in [-0.39, 0.29) is 11.9 Å². The van der Waals surface area contributed by atoms with Gasteiger partial charge in [0.25, 0.3) is 5.91 Å². The Hall–Kier alpha value is -0.710. The number of carbonyl (C=O) groups is 1. The van der Waals surface area contributed by atoms with Gasteiger partial charge in [-0.3, -0.25) is 4.79 Å². The van der Waals surface area contributed by atoms with Crippen molar-refractivity contribution in [1.82, 2.24) is 10.6 Å². The topological polar surface area (TPSA) is 41.1 Å². The van der Waals surface area contributed by atoms with E-state index in [0.29, 0.717) is 16.5 Å². The third-order valence-corrected chi connectivity index (χ3v) is 4.78. The quantitative estimate of drug-likeness (QED) is 0.839. The molecular formula is C15H21ClN2OS. The van der Waals surface area contributed by atoms with E-state index in [1.807, 2.05) is 12.1 Å². The predicted octanol–water partition coefficient (Wildman–Crippen LogP) is 3.18. The summed E-state index contributed by atoms with van der Waals surface area (Å²) in [4.78, 5) is 13.5. The highest BCUT2D eigenvalue weighted by atomic mass is 35.5. The van der Waals surface area contributed by atoms with Crippen LogP contribution in [0.1, 0.15) is 30.6 Å². The maximum Gasteiger partial charge on any atom is 0.252 e. The summed E-state index contributed by atoms with van der Waals surface area (Å²) < 4.78 is 0. The van der Waals surface area contributed by atoms with Gasteiger partial charge in [0, 0.05) is 16.0 Å². The van der Waals surface area contributed by atoms with Gasteiger partial charge in [-0.25, -0.2) is 0 Å². The minimum atomic E-state index is -0.0119. The Labute approximate surface area is 129 Å². The maximum absolute atomic E-state index is 12.5. The highest BCUT2D eigenvalue weighted by Crippen LogP contribution is 2.26. The lowest BCUT2D eigenvalue weighted by atomic mass is 9.95. The van der Waals surface area contributed by atoms with Crippen molar-refractivity contribution in [2.24, 2.45) is 5.92 Å². The summed E-state index contributed by atoms with van der Waals surface area (Å²) in [6.07, 6.45) is 0.976. The molecule has 5 heteroatoms. The smallest absolute Gasteiger partial charge is 0.252 e. The molecule has 0 aromatic heterocycles. The van der Waals surface area contributed by atoms with Gasteiger partial charge in [0.15, 0.2) is 0 Å². The number of halogens is 1. The standard InChI is InChI=1S/C15H21ClN2OS/c1-3-20-14-5-4-11(16)8-12(14)15(19)18-13-6-7-17-9-10(13)2/h4-5,8,10,13,17H,3,6-7,9H2,1-2H3,(H,18,19). The van der Waals surface area contributed by atoms with Crippen molar-refractivity contribution in [3.8, 4) is 0 Å². The van der Waals surface area contributed by atoms with E-state index in [4.69, 9.17) is 11.6 Å². The van der Waals surface area contributed by atoms with Crippen molar-refractivity contribution in [3.63, 3.8) is 0 Å². The maximum atomic E-state index is 12.5. The zero-order valence-electron chi connectivity index (χ0n) is 11.9. The van der Waals surface area contributed by atoms with Crippen LogP contribution in [0, 0.1) is 5.92 Å². The monoisotopic (exact) mass is 312 g/mol. The Morgan fingerprint density at radius 3 is 3.05 bits per heavy atom. The van der Waals surface area contributed by atoms with Crippen LogP contribution in [0.5, 0.6) is 0 Å². The van der Waals surface area contributed by atoms with Crippen molar-refractivity contribution in [1.29, 1.82) is 0 Å². The molecule has 110 valence electrons. The van der Waals surface area contributed by atoms with Crippen LogP contribution in [0.15, 0.2) is 23.1 Å². The summed E-state index contributed by atoms with van der Waals surface area (Å²) >= 11 is 7.70. The molecule has 2 N–H and O–H groups in total. The van der Waals surface area contributed by atoms with Crippen LogP contribution in [-0.4, -0.2) is 30.8 Å². The molecule has 1 saturated heterocycles. The average molecular weight is 313 g/mol. The minimum absolute atomic E-state index is 0.0119. The van der Waals surface area contributed by atoms with Crippen LogP contribution >= 0.6 is 23.4 Å². The van der Waals surface area contributed by atoms with Crippen LogP contribution in [0.2, 0.25) is 5.02 Å². The lowest BCUT2D eigenvalue weighted by molar-refractivity contribution is 0.0911. The molecule has 1 aliphatic heterocycles. The lowest BCUT2D eigenvalue weighted by Gasteiger charge is -2.30. The van der Waals surface area contributed by atoms with E-state index >= 15 is 0 Å². The first kappa shape index (κ1) is 15.7. The Balaban J connectivity index is 2.13. The second-order valence-corrected chi connectivity index (χ2v) is 6.87. The number of thioether (sulfide) groups is 1. The fraction of sp³-hybridized carbons (Fsp3) is 0.533. The van der Waals surface area contributed by atoms with Gasteiger partial charge in [-0.15, -0.1) is 11.8 Å². The van der Waals surface area contributed by atoms with Gasteiger partial charge < -0.3 is 10.6 Å². The van der Waals surface area contributed by atoms with Gasteiger partial charge in [0.2, 0.25) is 0 Å². The van der Waals surface area contributed by atoms with E-state index in [0.717, 1.165) is 30.2 Å². The first-order valence-corrected chi connectivity index (χ1v) is 8.42. The Morgan fingerprint density at radius 1 is 1.55 bits per heavy atom.